The molecule has 0 heterocycles. The molecular weight excluding hydrogens is 219 g/mol. The molecule has 1 aromatic rings. The normalized spacial score (nSPS) is 12.8. The zero-order valence-electron chi connectivity index (χ0n) is 8.54. The van der Waals surface area contributed by atoms with E-state index in [1.165, 1.54) is 12.1 Å². The maximum Gasteiger partial charge on any atom is 0.124 e. The van der Waals surface area contributed by atoms with Gasteiger partial charge in [-0.3, -0.25) is 0 Å². The highest BCUT2D eigenvalue weighted by Crippen LogP contribution is 2.19. The van der Waals surface area contributed by atoms with Crippen molar-refractivity contribution in [3.63, 3.8) is 0 Å². The Labute approximate surface area is 93.6 Å². The fourth-order valence-electron chi connectivity index (χ4n) is 1.30. The van der Waals surface area contributed by atoms with Gasteiger partial charge >= 0.3 is 0 Å². The van der Waals surface area contributed by atoms with Crippen molar-refractivity contribution in [2.24, 2.45) is 0 Å². The summed E-state index contributed by atoms with van der Waals surface area (Å²) in [6.45, 7) is 0.500. The highest BCUT2D eigenvalue weighted by Gasteiger charge is 2.08. The molecule has 0 saturated heterocycles. The molecule has 1 atom stereocenters. The Balaban J connectivity index is 2.56. The lowest BCUT2D eigenvalue weighted by atomic mass is 10.1. The van der Waals surface area contributed by atoms with E-state index < -0.39 is 6.10 Å². The van der Waals surface area contributed by atoms with Crippen molar-refractivity contribution >= 4 is 11.6 Å². The molecule has 0 bridgehead atoms. The zero-order valence-corrected chi connectivity index (χ0v) is 9.30. The van der Waals surface area contributed by atoms with Crippen LogP contribution in [0.2, 0.25) is 5.02 Å². The van der Waals surface area contributed by atoms with E-state index in [2.05, 4.69) is 0 Å². The number of halogens is 2. The van der Waals surface area contributed by atoms with E-state index in [0.717, 1.165) is 5.56 Å². The second kappa shape index (κ2) is 6.05. The number of ether oxygens (including phenoxy) is 1. The average molecular weight is 233 g/mol. The van der Waals surface area contributed by atoms with Gasteiger partial charge in [-0.15, -0.1) is 0 Å². The Morgan fingerprint density at radius 1 is 1.53 bits per heavy atom. The maximum absolute atomic E-state index is 12.7. The molecule has 1 rings (SSSR count). The third kappa shape index (κ3) is 4.16. The van der Waals surface area contributed by atoms with Gasteiger partial charge in [0.25, 0.3) is 0 Å². The second-order valence-electron chi connectivity index (χ2n) is 3.38. The quantitative estimate of drug-likeness (QED) is 0.845. The molecule has 84 valence electrons. The fraction of sp³-hybridized carbons (Fsp3) is 0.455. The minimum absolute atomic E-state index is 0.353. The molecule has 1 N–H and O–H groups in total. The van der Waals surface area contributed by atoms with Gasteiger partial charge in [-0.2, -0.15) is 0 Å². The number of hydrogen-bond donors (Lipinski definition) is 1. The van der Waals surface area contributed by atoms with Crippen molar-refractivity contribution < 1.29 is 14.2 Å². The highest BCUT2D eigenvalue weighted by molar-refractivity contribution is 6.31. The fourth-order valence-corrected chi connectivity index (χ4v) is 1.54. The lowest BCUT2D eigenvalue weighted by Crippen LogP contribution is -2.13. The van der Waals surface area contributed by atoms with Gasteiger partial charge in [0.05, 0.1) is 6.10 Å². The molecule has 0 aliphatic heterocycles. The number of aliphatic hydroxyl groups is 1. The Hall–Kier alpha value is -0.640. The van der Waals surface area contributed by atoms with Crippen LogP contribution >= 0.6 is 11.6 Å². The van der Waals surface area contributed by atoms with Crippen molar-refractivity contribution in [1.82, 2.24) is 0 Å². The number of hydrogen-bond acceptors (Lipinski definition) is 2. The van der Waals surface area contributed by atoms with Crippen molar-refractivity contribution in [3.8, 4) is 0 Å². The molecular formula is C11H14ClFO2. The lowest BCUT2D eigenvalue weighted by Gasteiger charge is -2.11. The smallest absolute Gasteiger partial charge is 0.124 e. The highest BCUT2D eigenvalue weighted by atomic mass is 35.5. The SMILES string of the molecule is COCCC(O)Cc1ccc(F)cc1Cl. The molecule has 1 aromatic carbocycles. The van der Waals surface area contributed by atoms with Crippen LogP contribution in [0.15, 0.2) is 18.2 Å². The van der Waals surface area contributed by atoms with Crippen LogP contribution in [-0.4, -0.2) is 24.9 Å². The number of rotatable bonds is 5. The van der Waals surface area contributed by atoms with E-state index in [4.69, 9.17) is 16.3 Å². The third-order valence-corrected chi connectivity index (χ3v) is 2.48. The first-order valence-electron chi connectivity index (χ1n) is 4.74. The predicted molar refractivity (Wildman–Crippen MR) is 57.6 cm³/mol. The van der Waals surface area contributed by atoms with Crippen LogP contribution in [0.1, 0.15) is 12.0 Å². The molecule has 4 heteroatoms. The molecule has 0 aliphatic rings. The Bertz CT molecular complexity index is 317. The van der Waals surface area contributed by atoms with E-state index in [1.807, 2.05) is 0 Å². The summed E-state index contributed by atoms with van der Waals surface area (Å²) in [5.41, 5.74) is 0.752. The van der Waals surface area contributed by atoms with Crippen molar-refractivity contribution in [3.05, 3.63) is 34.6 Å². The maximum atomic E-state index is 12.7. The monoisotopic (exact) mass is 232 g/mol. The Kier molecular flexibility index (Phi) is 5.02. The standard InChI is InChI=1S/C11H14ClFO2/c1-15-5-4-10(14)6-8-2-3-9(13)7-11(8)12/h2-3,7,10,14H,4-6H2,1H3. The summed E-state index contributed by atoms with van der Waals surface area (Å²) in [6.07, 6.45) is 0.458. The van der Waals surface area contributed by atoms with E-state index in [9.17, 15) is 9.50 Å². The van der Waals surface area contributed by atoms with Crippen LogP contribution in [0.5, 0.6) is 0 Å². The first-order valence-corrected chi connectivity index (χ1v) is 5.12. The number of benzene rings is 1. The van der Waals surface area contributed by atoms with Crippen molar-refractivity contribution in [1.29, 1.82) is 0 Å². The first-order chi connectivity index (χ1) is 7.13. The molecule has 0 aromatic heterocycles. The Morgan fingerprint density at radius 3 is 2.87 bits per heavy atom. The third-order valence-electron chi connectivity index (χ3n) is 2.13. The van der Waals surface area contributed by atoms with E-state index in [0.29, 0.717) is 24.5 Å². The molecule has 1 unspecified atom stereocenters. The zero-order chi connectivity index (χ0) is 11.3. The van der Waals surface area contributed by atoms with Gasteiger partial charge in [0.2, 0.25) is 0 Å². The molecule has 0 fully saturated rings. The summed E-state index contributed by atoms with van der Waals surface area (Å²) in [5, 5.41) is 9.95. The first kappa shape index (κ1) is 12.4. The minimum atomic E-state index is -0.507. The summed E-state index contributed by atoms with van der Waals surface area (Å²) in [4.78, 5) is 0. The van der Waals surface area contributed by atoms with Gasteiger partial charge in [-0.25, -0.2) is 4.39 Å². The molecule has 15 heavy (non-hydrogen) atoms. The van der Waals surface area contributed by atoms with Gasteiger partial charge in [0.15, 0.2) is 0 Å². The summed E-state index contributed by atoms with van der Waals surface area (Å²) in [5.74, 6) is -0.366. The molecule has 0 saturated carbocycles. The van der Waals surface area contributed by atoms with Crippen LogP contribution in [0, 0.1) is 5.82 Å². The summed E-state index contributed by atoms with van der Waals surface area (Å²) >= 11 is 5.83. The average Bonchev–Trinajstić information content (AvgIpc) is 2.19. The van der Waals surface area contributed by atoms with Crippen LogP contribution in [-0.2, 0) is 11.2 Å². The number of aliphatic hydroxyl groups excluding tert-OH is 1. The second-order valence-corrected chi connectivity index (χ2v) is 3.78. The van der Waals surface area contributed by atoms with E-state index in [-0.39, 0.29) is 5.82 Å². The summed E-state index contributed by atoms with van der Waals surface area (Å²) in [6, 6.07) is 4.18. The van der Waals surface area contributed by atoms with Gasteiger partial charge in [-0.05, 0) is 30.5 Å². The minimum Gasteiger partial charge on any atom is -0.393 e. The largest absolute Gasteiger partial charge is 0.393 e. The molecule has 0 aliphatic carbocycles. The van der Waals surface area contributed by atoms with Gasteiger partial charge in [-0.1, -0.05) is 17.7 Å². The number of methoxy groups -OCH3 is 1. The molecule has 0 radical (unpaired) electrons. The molecule has 0 amide bonds. The topological polar surface area (TPSA) is 29.5 Å². The summed E-state index contributed by atoms with van der Waals surface area (Å²) < 4.78 is 17.6. The van der Waals surface area contributed by atoms with Crippen LogP contribution in [0.3, 0.4) is 0 Å². The van der Waals surface area contributed by atoms with Gasteiger partial charge < -0.3 is 9.84 Å². The van der Waals surface area contributed by atoms with Crippen molar-refractivity contribution in [2.45, 2.75) is 18.9 Å². The van der Waals surface area contributed by atoms with Crippen molar-refractivity contribution in [2.75, 3.05) is 13.7 Å². The van der Waals surface area contributed by atoms with Crippen LogP contribution in [0.4, 0.5) is 4.39 Å². The van der Waals surface area contributed by atoms with Crippen LogP contribution < -0.4 is 0 Å². The molecule has 0 spiro atoms. The Morgan fingerprint density at radius 2 is 2.27 bits per heavy atom. The lowest BCUT2D eigenvalue weighted by molar-refractivity contribution is 0.110. The van der Waals surface area contributed by atoms with Gasteiger partial charge in [0, 0.05) is 18.7 Å². The summed E-state index contributed by atoms with van der Waals surface area (Å²) in [7, 11) is 1.58. The van der Waals surface area contributed by atoms with Crippen LogP contribution in [0.25, 0.3) is 0 Å². The molecule has 2 nitrogen and oxygen atoms in total. The van der Waals surface area contributed by atoms with E-state index >= 15 is 0 Å². The van der Waals surface area contributed by atoms with E-state index in [1.54, 1.807) is 13.2 Å². The predicted octanol–water partition coefficient (Wildman–Crippen LogP) is 2.42. The van der Waals surface area contributed by atoms with Gasteiger partial charge in [0.1, 0.15) is 5.82 Å².